The average molecular weight is 815 g/mol. The zero-order chi connectivity index (χ0) is 42.6. The van der Waals surface area contributed by atoms with Gasteiger partial charge in [-0.05, 0) is 160 Å². The molecule has 0 radical (unpaired) electrons. The molecule has 0 heterocycles. The summed E-state index contributed by atoms with van der Waals surface area (Å²) in [7, 11) is 0. The van der Waals surface area contributed by atoms with Crippen LogP contribution < -0.4 is 0 Å². The van der Waals surface area contributed by atoms with Crippen LogP contribution in [0, 0.1) is 50.2 Å². The van der Waals surface area contributed by atoms with E-state index in [0.29, 0.717) is 37.9 Å². The number of aliphatic hydroxyl groups is 2. The van der Waals surface area contributed by atoms with Gasteiger partial charge in [-0.25, -0.2) is 4.79 Å². The summed E-state index contributed by atoms with van der Waals surface area (Å²) in [6, 6.07) is 0. The summed E-state index contributed by atoms with van der Waals surface area (Å²) >= 11 is 0. The molecule has 0 saturated heterocycles. The van der Waals surface area contributed by atoms with Crippen molar-refractivity contribution in [3.63, 3.8) is 0 Å². The Morgan fingerprint density at radius 2 is 1.29 bits per heavy atom. The maximum Gasteiger partial charge on any atom is 0.335 e. The van der Waals surface area contributed by atoms with Crippen molar-refractivity contribution >= 4 is 23.9 Å². The highest BCUT2D eigenvalue weighted by Crippen LogP contribution is 2.75. The highest BCUT2D eigenvalue weighted by atomic mass is 16.6. The predicted octanol–water partition coefficient (Wildman–Crippen LogP) is 9.21. The van der Waals surface area contributed by atoms with Crippen molar-refractivity contribution in [2.75, 3.05) is 26.4 Å². The second-order valence-electron chi connectivity index (χ2n) is 21.2. The Morgan fingerprint density at radius 3 is 1.93 bits per heavy atom. The third-order valence-electron chi connectivity index (χ3n) is 16.8. The molecule has 0 unspecified atom stereocenters. The first kappa shape index (κ1) is 46.6. The van der Waals surface area contributed by atoms with Crippen LogP contribution in [0.5, 0.6) is 0 Å². The molecule has 9 atom stereocenters. The molecule has 4 saturated carbocycles. The van der Waals surface area contributed by atoms with Crippen LogP contribution in [-0.2, 0) is 38.1 Å². The molecule has 10 heteroatoms. The molecule has 5 aliphatic carbocycles. The lowest BCUT2D eigenvalue weighted by Crippen LogP contribution is -2.65. The maximum atomic E-state index is 14.3. The Morgan fingerprint density at radius 1 is 0.707 bits per heavy atom. The van der Waals surface area contributed by atoms with E-state index >= 15 is 0 Å². The predicted molar refractivity (Wildman–Crippen MR) is 222 cm³/mol. The fourth-order valence-electron chi connectivity index (χ4n) is 13.0. The first-order chi connectivity index (χ1) is 27.2. The van der Waals surface area contributed by atoms with E-state index in [-0.39, 0.29) is 64.2 Å². The molecule has 0 aromatic heterocycles. The Kier molecular flexibility index (Phi) is 15.0. The van der Waals surface area contributed by atoms with Crippen LogP contribution in [0.3, 0.4) is 0 Å². The SMILES string of the molecule is CC(=O)OCCCCCCOC(=O)[C@H](O)CC(=O)OCCCCCCOC(=O)[C@]12CCC(C)(C)C[C@H]1C1=CC[C@@H]3[C@@]4(C)CC[C@H](O)C(C)(C)[C@@H]4CC[C@@]3(C)[C@]1(C)CC2. The smallest absolute Gasteiger partial charge is 0.335 e. The van der Waals surface area contributed by atoms with Gasteiger partial charge in [0.05, 0.1) is 44.4 Å². The summed E-state index contributed by atoms with van der Waals surface area (Å²) in [5.41, 5.74) is 1.53. The molecule has 0 amide bonds. The Bertz CT molecular complexity index is 1500. The minimum Gasteiger partial charge on any atom is -0.466 e. The lowest BCUT2D eigenvalue weighted by Gasteiger charge is -2.71. The van der Waals surface area contributed by atoms with Gasteiger partial charge in [0.25, 0.3) is 0 Å². The summed E-state index contributed by atoms with van der Waals surface area (Å²) in [5.74, 6) is -0.521. The lowest BCUT2D eigenvalue weighted by molar-refractivity contribution is -0.206. The van der Waals surface area contributed by atoms with Crippen LogP contribution in [0.4, 0.5) is 0 Å². The van der Waals surface area contributed by atoms with Crippen LogP contribution in [0.2, 0.25) is 0 Å². The Hall–Kier alpha value is -2.46. The molecule has 58 heavy (non-hydrogen) atoms. The molecule has 0 aliphatic heterocycles. The number of esters is 4. The number of aliphatic hydroxyl groups excluding tert-OH is 2. The van der Waals surface area contributed by atoms with E-state index in [2.05, 4.69) is 54.5 Å². The standard InChI is InChI=1S/C48H78O10/c1-33(49)55-27-13-9-11-15-29-57-41(53)36(50)31-40(52)56-28-14-10-12-16-30-58-42(54)48-25-23-43(2,3)32-35(48)34-17-18-38-45(6)21-20-39(51)44(4,5)37(45)19-22-47(38,8)46(34,7)24-26-48/h17,35-39,50-51H,9-16,18-32H2,1-8H3/t35-,36+,37-,38+,39-,45-,46+,47+,48-/m0/s1. The molecule has 0 aromatic carbocycles. The van der Waals surface area contributed by atoms with E-state index in [9.17, 15) is 29.4 Å². The van der Waals surface area contributed by atoms with E-state index < -0.39 is 29.9 Å². The summed E-state index contributed by atoms with van der Waals surface area (Å²) < 4.78 is 21.4. The van der Waals surface area contributed by atoms with Crippen molar-refractivity contribution in [1.82, 2.24) is 0 Å². The van der Waals surface area contributed by atoms with Gasteiger partial charge in [-0.1, -0.05) is 60.1 Å². The minimum absolute atomic E-state index is 0.0100. The monoisotopic (exact) mass is 815 g/mol. The molecule has 0 bridgehead atoms. The number of unbranched alkanes of at least 4 members (excludes halogenated alkanes) is 6. The molecule has 330 valence electrons. The van der Waals surface area contributed by atoms with Gasteiger partial charge in [-0.3, -0.25) is 14.4 Å². The second-order valence-corrected chi connectivity index (χ2v) is 21.2. The second kappa shape index (κ2) is 18.7. The molecular weight excluding hydrogens is 737 g/mol. The third kappa shape index (κ3) is 9.53. The Balaban J connectivity index is 1.06. The number of ether oxygens (including phenoxy) is 4. The number of carbonyl (C=O) groups excluding carboxylic acids is 4. The fraction of sp³-hybridized carbons (Fsp3) is 0.875. The van der Waals surface area contributed by atoms with Crippen LogP contribution in [0.15, 0.2) is 11.6 Å². The van der Waals surface area contributed by atoms with Crippen LogP contribution >= 0.6 is 0 Å². The van der Waals surface area contributed by atoms with Crippen molar-refractivity contribution < 1.29 is 48.3 Å². The minimum atomic E-state index is -1.56. The average Bonchev–Trinajstić information content (AvgIpc) is 3.15. The molecule has 5 aliphatic rings. The number of rotatable bonds is 18. The van der Waals surface area contributed by atoms with Crippen molar-refractivity contribution in [2.24, 2.45) is 50.2 Å². The van der Waals surface area contributed by atoms with Crippen LogP contribution in [0.25, 0.3) is 0 Å². The Labute approximate surface area is 349 Å². The third-order valence-corrected chi connectivity index (χ3v) is 16.8. The summed E-state index contributed by atoms with van der Waals surface area (Å²) in [5, 5.41) is 21.2. The van der Waals surface area contributed by atoms with Crippen LogP contribution in [-0.4, -0.2) is 72.7 Å². The first-order valence-corrected chi connectivity index (χ1v) is 22.9. The molecule has 0 spiro atoms. The summed E-state index contributed by atoms with van der Waals surface area (Å²) in [6.07, 6.45) is 16.6. The quantitative estimate of drug-likeness (QED) is 0.0595. The molecule has 5 rings (SSSR count). The number of allylic oxidation sites excluding steroid dienone is 2. The van der Waals surface area contributed by atoms with Crippen molar-refractivity contribution in [3.8, 4) is 0 Å². The number of carbonyl (C=O) groups is 4. The largest absolute Gasteiger partial charge is 0.466 e. The van der Waals surface area contributed by atoms with E-state index in [0.717, 1.165) is 96.3 Å². The van der Waals surface area contributed by atoms with Gasteiger partial charge in [-0.2, -0.15) is 0 Å². The first-order valence-electron chi connectivity index (χ1n) is 22.9. The van der Waals surface area contributed by atoms with Gasteiger partial charge in [0.1, 0.15) is 0 Å². The van der Waals surface area contributed by atoms with Crippen molar-refractivity contribution in [1.29, 1.82) is 0 Å². The van der Waals surface area contributed by atoms with Gasteiger partial charge < -0.3 is 29.2 Å². The molecule has 2 N–H and O–H groups in total. The normalized spacial score (nSPS) is 35.1. The fourth-order valence-corrected chi connectivity index (χ4v) is 13.0. The lowest BCUT2D eigenvalue weighted by atomic mass is 9.33. The van der Waals surface area contributed by atoms with Crippen molar-refractivity contribution in [2.45, 2.75) is 190 Å². The van der Waals surface area contributed by atoms with Gasteiger partial charge in [0, 0.05) is 6.92 Å². The highest BCUT2D eigenvalue weighted by molar-refractivity contribution is 5.81. The van der Waals surface area contributed by atoms with Gasteiger partial charge >= 0.3 is 23.9 Å². The van der Waals surface area contributed by atoms with Gasteiger partial charge in [-0.15, -0.1) is 0 Å². The summed E-state index contributed by atoms with van der Waals surface area (Å²) in [6.45, 7) is 19.5. The molecule has 4 fully saturated rings. The maximum absolute atomic E-state index is 14.3. The molecular formula is C48H78O10. The van der Waals surface area contributed by atoms with Gasteiger partial charge in [0.15, 0.2) is 6.10 Å². The number of hydrogen-bond donors (Lipinski definition) is 2. The van der Waals surface area contributed by atoms with E-state index in [1.54, 1.807) is 5.57 Å². The van der Waals surface area contributed by atoms with E-state index in [1.807, 2.05) is 0 Å². The van der Waals surface area contributed by atoms with E-state index in [1.165, 1.54) is 13.3 Å². The number of fused-ring (bicyclic) bond motifs is 7. The van der Waals surface area contributed by atoms with E-state index in [4.69, 9.17) is 18.9 Å². The number of hydrogen-bond acceptors (Lipinski definition) is 10. The topological polar surface area (TPSA) is 146 Å². The molecule has 0 aromatic rings. The summed E-state index contributed by atoms with van der Waals surface area (Å²) in [4.78, 5) is 49.4. The molecule has 10 nitrogen and oxygen atoms in total. The van der Waals surface area contributed by atoms with Gasteiger partial charge in [0.2, 0.25) is 0 Å². The zero-order valence-electron chi connectivity index (χ0n) is 37.4. The van der Waals surface area contributed by atoms with Crippen LogP contribution in [0.1, 0.15) is 177 Å². The zero-order valence-corrected chi connectivity index (χ0v) is 37.4. The highest BCUT2D eigenvalue weighted by Gasteiger charge is 2.69. The van der Waals surface area contributed by atoms with Crippen molar-refractivity contribution in [3.05, 3.63) is 11.6 Å².